The quantitative estimate of drug-likeness (QED) is 0.899. The van der Waals surface area contributed by atoms with E-state index in [2.05, 4.69) is 48.8 Å². The molecule has 1 aromatic carbocycles. The van der Waals surface area contributed by atoms with E-state index in [1.54, 1.807) is 0 Å². The lowest BCUT2D eigenvalue weighted by Gasteiger charge is -2.39. The zero-order chi connectivity index (χ0) is 13.8. The Morgan fingerprint density at radius 1 is 1.16 bits per heavy atom. The van der Waals surface area contributed by atoms with Crippen LogP contribution in [0.15, 0.2) is 18.2 Å². The zero-order valence-corrected chi connectivity index (χ0v) is 12.5. The van der Waals surface area contributed by atoms with Crippen LogP contribution in [-0.2, 0) is 0 Å². The number of likely N-dealkylation sites (N-methyl/N-ethyl adjacent to an activating group) is 1. The number of benzene rings is 1. The Labute approximate surface area is 117 Å². The first-order chi connectivity index (χ1) is 9.17. The van der Waals surface area contributed by atoms with Crippen LogP contribution in [0.5, 0.6) is 0 Å². The summed E-state index contributed by atoms with van der Waals surface area (Å²) >= 11 is 0. The molecule has 1 aliphatic heterocycles. The van der Waals surface area contributed by atoms with E-state index in [0.717, 1.165) is 32.7 Å². The molecule has 0 bridgehead atoms. The van der Waals surface area contributed by atoms with Crippen LogP contribution in [0.25, 0.3) is 0 Å². The summed E-state index contributed by atoms with van der Waals surface area (Å²) in [5, 5.41) is 0. The van der Waals surface area contributed by atoms with Gasteiger partial charge in [0.25, 0.3) is 0 Å². The lowest BCUT2D eigenvalue weighted by Crippen LogP contribution is -2.48. The molecule has 3 heteroatoms. The second-order valence-electron chi connectivity index (χ2n) is 5.51. The summed E-state index contributed by atoms with van der Waals surface area (Å²) in [4.78, 5) is 5.06. The van der Waals surface area contributed by atoms with E-state index in [1.807, 2.05) is 0 Å². The molecule has 106 valence electrons. The molecule has 0 radical (unpaired) electrons. The van der Waals surface area contributed by atoms with Crippen LogP contribution in [-0.4, -0.2) is 49.1 Å². The number of aryl methyl sites for hydroxylation is 1. The van der Waals surface area contributed by atoms with Crippen LogP contribution >= 0.6 is 0 Å². The van der Waals surface area contributed by atoms with Crippen LogP contribution in [0.4, 0.5) is 0 Å². The third-order valence-electron chi connectivity index (χ3n) is 4.52. The molecule has 1 fully saturated rings. The van der Waals surface area contributed by atoms with Crippen LogP contribution in [0.1, 0.15) is 29.7 Å². The van der Waals surface area contributed by atoms with Crippen LogP contribution in [0.3, 0.4) is 0 Å². The van der Waals surface area contributed by atoms with Crippen molar-refractivity contribution in [1.82, 2.24) is 9.80 Å². The predicted octanol–water partition coefficient (Wildman–Crippen LogP) is 1.94. The van der Waals surface area contributed by atoms with E-state index in [0.29, 0.717) is 12.6 Å². The maximum Gasteiger partial charge on any atom is 0.0474 e. The third-order valence-corrected chi connectivity index (χ3v) is 4.52. The molecule has 0 saturated carbocycles. The van der Waals surface area contributed by atoms with Crippen LogP contribution < -0.4 is 5.73 Å². The minimum Gasteiger partial charge on any atom is -0.329 e. The minimum atomic E-state index is 0.374. The van der Waals surface area contributed by atoms with Gasteiger partial charge in [-0.3, -0.25) is 4.90 Å². The number of rotatable bonds is 4. The van der Waals surface area contributed by atoms with Crippen molar-refractivity contribution in [3.8, 4) is 0 Å². The molecular weight excluding hydrogens is 234 g/mol. The van der Waals surface area contributed by atoms with Gasteiger partial charge in [0.2, 0.25) is 0 Å². The Hall–Kier alpha value is -0.900. The van der Waals surface area contributed by atoms with Crippen molar-refractivity contribution in [2.24, 2.45) is 5.73 Å². The highest BCUT2D eigenvalue weighted by molar-refractivity contribution is 5.35. The average Bonchev–Trinajstić information content (AvgIpc) is 2.45. The SMILES string of the molecule is CCN1CCN(C(CN)c2cccc(C)c2C)CC1. The number of nitrogens with two attached hydrogens (primary N) is 1. The molecule has 3 nitrogen and oxygen atoms in total. The molecule has 1 saturated heterocycles. The summed E-state index contributed by atoms with van der Waals surface area (Å²) in [5.74, 6) is 0. The molecule has 1 heterocycles. The van der Waals surface area contributed by atoms with Gasteiger partial charge in [0, 0.05) is 38.8 Å². The first-order valence-electron chi connectivity index (χ1n) is 7.40. The smallest absolute Gasteiger partial charge is 0.0474 e. The number of nitrogens with zero attached hydrogens (tertiary/aromatic N) is 2. The summed E-state index contributed by atoms with van der Waals surface area (Å²) in [6, 6.07) is 6.95. The van der Waals surface area contributed by atoms with Gasteiger partial charge in [0.1, 0.15) is 0 Å². The topological polar surface area (TPSA) is 32.5 Å². The van der Waals surface area contributed by atoms with Gasteiger partial charge in [-0.2, -0.15) is 0 Å². The number of hydrogen-bond acceptors (Lipinski definition) is 3. The van der Waals surface area contributed by atoms with Gasteiger partial charge in [-0.25, -0.2) is 0 Å². The lowest BCUT2D eigenvalue weighted by atomic mass is 9.96. The van der Waals surface area contributed by atoms with E-state index in [4.69, 9.17) is 5.73 Å². The normalized spacial score (nSPS) is 19.6. The van der Waals surface area contributed by atoms with E-state index in [1.165, 1.54) is 16.7 Å². The van der Waals surface area contributed by atoms with Gasteiger partial charge in [-0.15, -0.1) is 0 Å². The van der Waals surface area contributed by atoms with E-state index < -0.39 is 0 Å². The van der Waals surface area contributed by atoms with Gasteiger partial charge in [-0.05, 0) is 37.1 Å². The second-order valence-corrected chi connectivity index (χ2v) is 5.51. The molecule has 2 N–H and O–H groups in total. The van der Waals surface area contributed by atoms with E-state index in [9.17, 15) is 0 Å². The molecule has 0 amide bonds. The van der Waals surface area contributed by atoms with Crippen molar-refractivity contribution >= 4 is 0 Å². The highest BCUT2D eigenvalue weighted by Gasteiger charge is 2.24. The van der Waals surface area contributed by atoms with Gasteiger partial charge >= 0.3 is 0 Å². The summed E-state index contributed by atoms with van der Waals surface area (Å²) < 4.78 is 0. The van der Waals surface area contributed by atoms with Crippen molar-refractivity contribution in [3.63, 3.8) is 0 Å². The van der Waals surface area contributed by atoms with Gasteiger partial charge in [-0.1, -0.05) is 25.1 Å². The van der Waals surface area contributed by atoms with Gasteiger partial charge in [0.05, 0.1) is 0 Å². The molecule has 0 aliphatic carbocycles. The fourth-order valence-corrected chi connectivity index (χ4v) is 3.00. The maximum atomic E-state index is 6.07. The first-order valence-corrected chi connectivity index (χ1v) is 7.40. The molecule has 2 rings (SSSR count). The molecular formula is C16H27N3. The molecule has 1 aromatic rings. The van der Waals surface area contributed by atoms with Gasteiger partial charge < -0.3 is 10.6 Å². The Kier molecular flexibility index (Phi) is 4.97. The van der Waals surface area contributed by atoms with E-state index >= 15 is 0 Å². The Morgan fingerprint density at radius 3 is 2.42 bits per heavy atom. The lowest BCUT2D eigenvalue weighted by molar-refractivity contribution is 0.102. The average molecular weight is 261 g/mol. The van der Waals surface area contributed by atoms with E-state index in [-0.39, 0.29) is 0 Å². The summed E-state index contributed by atoms with van der Waals surface area (Å²) in [6.45, 7) is 13.1. The van der Waals surface area contributed by atoms with Crippen molar-refractivity contribution in [2.75, 3.05) is 39.3 Å². The molecule has 1 unspecified atom stereocenters. The molecule has 1 atom stereocenters. The molecule has 0 spiro atoms. The fourth-order valence-electron chi connectivity index (χ4n) is 3.00. The largest absolute Gasteiger partial charge is 0.329 e. The summed E-state index contributed by atoms with van der Waals surface area (Å²) in [7, 11) is 0. The number of hydrogen-bond donors (Lipinski definition) is 1. The Bertz CT molecular complexity index is 408. The van der Waals surface area contributed by atoms with Crippen LogP contribution in [0, 0.1) is 13.8 Å². The maximum absolute atomic E-state index is 6.07. The Morgan fingerprint density at radius 2 is 1.84 bits per heavy atom. The highest BCUT2D eigenvalue weighted by atomic mass is 15.3. The fraction of sp³-hybridized carbons (Fsp3) is 0.625. The molecule has 19 heavy (non-hydrogen) atoms. The first kappa shape index (κ1) is 14.5. The predicted molar refractivity (Wildman–Crippen MR) is 81.4 cm³/mol. The highest BCUT2D eigenvalue weighted by Crippen LogP contribution is 2.25. The molecule has 1 aliphatic rings. The van der Waals surface area contributed by atoms with Gasteiger partial charge in [0.15, 0.2) is 0 Å². The third kappa shape index (κ3) is 3.16. The zero-order valence-electron chi connectivity index (χ0n) is 12.5. The van der Waals surface area contributed by atoms with Crippen molar-refractivity contribution < 1.29 is 0 Å². The van der Waals surface area contributed by atoms with Crippen molar-refractivity contribution in [1.29, 1.82) is 0 Å². The molecule has 0 aromatic heterocycles. The summed E-state index contributed by atoms with van der Waals surface area (Å²) in [5.41, 5.74) is 10.2. The minimum absolute atomic E-state index is 0.374. The Balaban J connectivity index is 2.14. The summed E-state index contributed by atoms with van der Waals surface area (Å²) in [6.07, 6.45) is 0. The van der Waals surface area contributed by atoms with Crippen molar-refractivity contribution in [3.05, 3.63) is 34.9 Å². The van der Waals surface area contributed by atoms with Crippen LogP contribution in [0.2, 0.25) is 0 Å². The monoisotopic (exact) mass is 261 g/mol. The number of piperazine rings is 1. The second kappa shape index (κ2) is 6.51. The standard InChI is InChI=1S/C16H27N3/c1-4-18-8-10-19(11-9-18)16(12-17)15-7-5-6-13(2)14(15)3/h5-7,16H,4,8-12,17H2,1-3H3. The van der Waals surface area contributed by atoms with Crippen molar-refractivity contribution in [2.45, 2.75) is 26.8 Å².